The number of fused-ring (bicyclic) bond motifs is 1. The van der Waals surface area contributed by atoms with Gasteiger partial charge in [-0.15, -0.1) is 0 Å². The second kappa shape index (κ2) is 7.20. The van der Waals surface area contributed by atoms with Crippen molar-refractivity contribution < 1.29 is 4.79 Å². The Balaban J connectivity index is 1.39. The van der Waals surface area contributed by atoms with Gasteiger partial charge >= 0.3 is 6.03 Å². The molecule has 3 fully saturated rings. The topological polar surface area (TPSA) is 51.7 Å². The van der Waals surface area contributed by atoms with E-state index < -0.39 is 0 Å². The molecule has 0 saturated carbocycles. The van der Waals surface area contributed by atoms with Crippen molar-refractivity contribution in [2.75, 3.05) is 44.7 Å². The minimum atomic E-state index is 0.0824. The molecule has 2 atom stereocenters. The highest BCUT2D eigenvalue weighted by atomic mass is 16.2. The van der Waals surface area contributed by atoms with Crippen molar-refractivity contribution >= 4 is 11.8 Å². The van der Waals surface area contributed by atoms with Crippen molar-refractivity contribution in [3.63, 3.8) is 0 Å². The predicted molar refractivity (Wildman–Crippen MR) is 98.6 cm³/mol. The molecule has 6 nitrogen and oxygen atoms in total. The van der Waals surface area contributed by atoms with Crippen LogP contribution in [0.3, 0.4) is 0 Å². The molecule has 1 aromatic heterocycles. The number of hydrogen-bond donors (Lipinski definition) is 1. The lowest BCUT2D eigenvalue weighted by molar-refractivity contribution is 0.131. The SMILES string of the molecule is CN1CC[C@@H]2CCN(C(=O)NCc3cccnc3N3CCCC3)[C@@H]2C1. The average Bonchev–Trinajstić information content (AvgIpc) is 3.29. The monoisotopic (exact) mass is 343 g/mol. The molecule has 25 heavy (non-hydrogen) atoms. The third kappa shape index (κ3) is 3.45. The lowest BCUT2D eigenvalue weighted by Gasteiger charge is -2.36. The van der Waals surface area contributed by atoms with Gasteiger partial charge in [-0.2, -0.15) is 0 Å². The predicted octanol–water partition coefficient (Wildman–Crippen LogP) is 1.92. The largest absolute Gasteiger partial charge is 0.356 e. The molecule has 0 aromatic carbocycles. The molecular weight excluding hydrogens is 314 g/mol. The van der Waals surface area contributed by atoms with Gasteiger partial charge in [0.15, 0.2) is 0 Å². The number of nitrogens with zero attached hydrogens (tertiary/aromatic N) is 4. The number of anilines is 1. The van der Waals surface area contributed by atoms with Crippen molar-refractivity contribution in [3.8, 4) is 0 Å². The number of aromatic nitrogens is 1. The fraction of sp³-hybridized carbons (Fsp3) is 0.684. The van der Waals surface area contributed by atoms with E-state index in [4.69, 9.17) is 0 Å². The van der Waals surface area contributed by atoms with Gasteiger partial charge in [-0.3, -0.25) is 0 Å². The number of hydrogen-bond acceptors (Lipinski definition) is 4. The Morgan fingerprint density at radius 1 is 1.24 bits per heavy atom. The van der Waals surface area contributed by atoms with Crippen LogP contribution in [0.4, 0.5) is 10.6 Å². The molecule has 0 bridgehead atoms. The van der Waals surface area contributed by atoms with E-state index in [1.807, 2.05) is 12.3 Å². The van der Waals surface area contributed by atoms with E-state index in [0.717, 1.165) is 50.5 Å². The number of carbonyl (C=O) groups excluding carboxylic acids is 1. The molecule has 1 aromatic rings. The first-order chi connectivity index (χ1) is 12.2. The van der Waals surface area contributed by atoms with Crippen LogP contribution in [0.2, 0.25) is 0 Å². The molecule has 4 rings (SSSR count). The summed E-state index contributed by atoms with van der Waals surface area (Å²) in [6.45, 7) is 5.75. The van der Waals surface area contributed by atoms with Crippen LogP contribution < -0.4 is 10.2 Å². The molecule has 0 radical (unpaired) electrons. The number of rotatable bonds is 3. The summed E-state index contributed by atoms with van der Waals surface area (Å²) < 4.78 is 0. The number of urea groups is 1. The van der Waals surface area contributed by atoms with Gasteiger partial charge < -0.3 is 20.0 Å². The van der Waals surface area contributed by atoms with Gasteiger partial charge in [0.2, 0.25) is 0 Å². The third-order valence-corrected chi connectivity index (χ3v) is 6.03. The molecule has 1 N–H and O–H groups in total. The van der Waals surface area contributed by atoms with E-state index in [1.54, 1.807) is 0 Å². The minimum Gasteiger partial charge on any atom is -0.356 e. The summed E-state index contributed by atoms with van der Waals surface area (Å²) in [4.78, 5) is 24.1. The summed E-state index contributed by atoms with van der Waals surface area (Å²) in [7, 11) is 2.16. The molecule has 0 unspecified atom stereocenters. The number of piperidine rings is 1. The van der Waals surface area contributed by atoms with Gasteiger partial charge in [-0.1, -0.05) is 6.07 Å². The van der Waals surface area contributed by atoms with Gasteiger partial charge in [-0.25, -0.2) is 9.78 Å². The summed E-state index contributed by atoms with van der Waals surface area (Å²) in [6, 6.07) is 4.51. The number of pyridine rings is 1. The first kappa shape index (κ1) is 16.6. The van der Waals surface area contributed by atoms with Gasteiger partial charge in [0.25, 0.3) is 0 Å². The van der Waals surface area contributed by atoms with Crippen molar-refractivity contribution in [2.45, 2.75) is 38.3 Å². The van der Waals surface area contributed by atoms with Crippen molar-refractivity contribution in [2.24, 2.45) is 5.92 Å². The maximum absolute atomic E-state index is 12.8. The van der Waals surface area contributed by atoms with E-state index in [-0.39, 0.29) is 6.03 Å². The quantitative estimate of drug-likeness (QED) is 0.911. The Bertz CT molecular complexity index is 616. The van der Waals surface area contributed by atoms with E-state index >= 15 is 0 Å². The fourth-order valence-corrected chi connectivity index (χ4v) is 4.61. The van der Waals surface area contributed by atoms with Crippen LogP contribution in [0, 0.1) is 5.92 Å². The zero-order valence-electron chi connectivity index (χ0n) is 15.2. The zero-order chi connectivity index (χ0) is 17.2. The van der Waals surface area contributed by atoms with Crippen molar-refractivity contribution in [1.82, 2.24) is 20.1 Å². The Labute approximate surface area is 150 Å². The highest BCUT2D eigenvalue weighted by molar-refractivity contribution is 5.75. The van der Waals surface area contributed by atoms with Gasteiger partial charge in [0.05, 0.1) is 0 Å². The molecule has 0 spiro atoms. The fourth-order valence-electron chi connectivity index (χ4n) is 4.61. The van der Waals surface area contributed by atoms with Crippen LogP contribution in [-0.2, 0) is 6.54 Å². The standard InChI is InChI=1S/C19H29N5O/c1-22-11-6-15-7-12-24(17(15)14-22)19(25)21-13-16-5-4-8-20-18(16)23-9-2-3-10-23/h4-5,8,15,17H,2-3,6-7,9-14H2,1H3,(H,21,25)/t15-,17-/m1/s1. The van der Waals surface area contributed by atoms with Crippen molar-refractivity contribution in [3.05, 3.63) is 23.9 Å². The zero-order valence-corrected chi connectivity index (χ0v) is 15.2. The molecule has 136 valence electrons. The first-order valence-electron chi connectivity index (χ1n) is 9.64. The Morgan fingerprint density at radius 3 is 2.88 bits per heavy atom. The summed E-state index contributed by atoms with van der Waals surface area (Å²) >= 11 is 0. The Morgan fingerprint density at radius 2 is 2.04 bits per heavy atom. The number of amides is 2. The third-order valence-electron chi connectivity index (χ3n) is 6.03. The molecule has 6 heteroatoms. The average molecular weight is 343 g/mol. The summed E-state index contributed by atoms with van der Waals surface area (Å²) in [5.74, 6) is 1.72. The number of carbonyl (C=O) groups is 1. The molecule has 3 aliphatic heterocycles. The maximum atomic E-state index is 12.8. The minimum absolute atomic E-state index is 0.0824. The number of nitrogens with one attached hydrogen (secondary N) is 1. The number of likely N-dealkylation sites (tertiary alicyclic amines) is 2. The van der Waals surface area contributed by atoms with Crippen LogP contribution in [0.25, 0.3) is 0 Å². The summed E-state index contributed by atoms with van der Waals surface area (Å²) in [6.07, 6.45) is 6.67. The molecule has 2 amide bonds. The summed E-state index contributed by atoms with van der Waals surface area (Å²) in [5, 5.41) is 3.15. The van der Waals surface area contributed by atoms with Crippen LogP contribution in [0.5, 0.6) is 0 Å². The maximum Gasteiger partial charge on any atom is 0.317 e. The molecule has 3 saturated heterocycles. The van der Waals surface area contributed by atoms with E-state index in [1.165, 1.54) is 19.3 Å². The van der Waals surface area contributed by atoms with Crippen LogP contribution >= 0.6 is 0 Å². The molecular formula is C19H29N5O. The Kier molecular flexibility index (Phi) is 4.79. The first-order valence-corrected chi connectivity index (χ1v) is 9.64. The Hall–Kier alpha value is -1.82. The van der Waals surface area contributed by atoms with Gasteiger partial charge in [0, 0.05) is 50.5 Å². The highest BCUT2D eigenvalue weighted by Crippen LogP contribution is 2.31. The lowest BCUT2D eigenvalue weighted by atomic mass is 9.92. The highest BCUT2D eigenvalue weighted by Gasteiger charge is 2.39. The summed E-state index contributed by atoms with van der Waals surface area (Å²) in [5.41, 5.74) is 1.12. The van der Waals surface area contributed by atoms with Crippen LogP contribution in [0.1, 0.15) is 31.2 Å². The second-order valence-electron chi connectivity index (χ2n) is 7.70. The molecule has 4 heterocycles. The van der Waals surface area contributed by atoms with Crippen molar-refractivity contribution in [1.29, 1.82) is 0 Å². The van der Waals surface area contributed by atoms with Gasteiger partial charge in [0.1, 0.15) is 5.82 Å². The smallest absolute Gasteiger partial charge is 0.317 e. The van der Waals surface area contributed by atoms with E-state index in [0.29, 0.717) is 18.5 Å². The lowest BCUT2D eigenvalue weighted by Crippen LogP contribution is -2.51. The van der Waals surface area contributed by atoms with Crippen LogP contribution in [0.15, 0.2) is 18.3 Å². The number of likely N-dealkylation sites (N-methyl/N-ethyl adjacent to an activating group) is 1. The second-order valence-corrected chi connectivity index (χ2v) is 7.70. The van der Waals surface area contributed by atoms with Gasteiger partial charge in [-0.05, 0) is 51.3 Å². The van der Waals surface area contributed by atoms with E-state index in [2.05, 4.69) is 38.1 Å². The van der Waals surface area contributed by atoms with E-state index in [9.17, 15) is 4.79 Å². The molecule has 0 aliphatic carbocycles. The molecule has 3 aliphatic rings. The normalized spacial score (nSPS) is 26.8. The van der Waals surface area contributed by atoms with Crippen LogP contribution in [-0.4, -0.2) is 66.6 Å².